The number of hydrogen-bond donors (Lipinski definition) is 1. The Bertz CT molecular complexity index is 1140. The molecule has 0 saturated carbocycles. The second-order valence-electron chi connectivity index (χ2n) is 6.44. The number of carboxylic acid groups (broad SMARTS) is 1. The third-order valence-corrected chi connectivity index (χ3v) is 4.89. The molecule has 0 amide bonds. The van der Waals surface area contributed by atoms with E-state index in [1.165, 1.54) is 0 Å². The van der Waals surface area contributed by atoms with E-state index in [2.05, 4.69) is 22.5 Å². The molecule has 2 aromatic carbocycles. The molecule has 4 rings (SSSR count). The molecule has 0 aliphatic heterocycles. The number of methoxy groups -OCH3 is 1. The molecule has 0 aliphatic carbocycles. The van der Waals surface area contributed by atoms with Gasteiger partial charge in [-0.3, -0.25) is 0 Å². The topological polar surface area (TPSA) is 64.4 Å². The number of aromatic carboxylic acids is 1. The maximum atomic E-state index is 11.7. The molecule has 2 heterocycles. The average Bonchev–Trinajstić information content (AvgIpc) is 3.02. The molecule has 0 radical (unpaired) electrons. The zero-order valence-corrected chi connectivity index (χ0v) is 15.3. The fraction of sp³-hybridized carbons (Fsp3) is 0.182. The van der Waals surface area contributed by atoms with E-state index in [4.69, 9.17) is 4.74 Å². The molecule has 4 aromatic rings. The van der Waals surface area contributed by atoms with Crippen molar-refractivity contribution in [3.63, 3.8) is 0 Å². The predicted octanol–water partition coefficient (Wildman–Crippen LogP) is 4.51. The summed E-state index contributed by atoms with van der Waals surface area (Å²) in [7, 11) is 1.64. The van der Waals surface area contributed by atoms with Crippen LogP contribution in [-0.4, -0.2) is 27.7 Å². The van der Waals surface area contributed by atoms with Crippen molar-refractivity contribution in [1.29, 1.82) is 0 Å². The summed E-state index contributed by atoms with van der Waals surface area (Å²) in [6.45, 7) is 2.88. The van der Waals surface area contributed by atoms with Crippen LogP contribution in [-0.2, 0) is 13.0 Å². The summed E-state index contributed by atoms with van der Waals surface area (Å²) < 4.78 is 7.43. The van der Waals surface area contributed by atoms with Crippen molar-refractivity contribution < 1.29 is 14.6 Å². The predicted molar refractivity (Wildman–Crippen MR) is 106 cm³/mol. The summed E-state index contributed by atoms with van der Waals surface area (Å²) in [5.74, 6) is -0.222. The summed E-state index contributed by atoms with van der Waals surface area (Å²) in [4.78, 5) is 16.1. The standard InChI is InChI=1S/C22H20N2O3/c1-3-24-20-7-5-4-6-16(20)17-13-19(22(25)26)23-18(21(17)24)12-14-8-10-15(27-2)11-9-14/h4-11,13H,3,12H2,1-2H3,(H,25,26). The second-order valence-corrected chi connectivity index (χ2v) is 6.44. The molecule has 5 heteroatoms. The van der Waals surface area contributed by atoms with Crippen molar-refractivity contribution in [3.05, 3.63) is 71.5 Å². The molecule has 136 valence electrons. The van der Waals surface area contributed by atoms with Crippen LogP contribution in [0.4, 0.5) is 0 Å². The maximum Gasteiger partial charge on any atom is 0.354 e. The van der Waals surface area contributed by atoms with Gasteiger partial charge in [0.2, 0.25) is 0 Å². The molecular formula is C22H20N2O3. The number of hydrogen-bond acceptors (Lipinski definition) is 3. The van der Waals surface area contributed by atoms with Crippen LogP contribution in [0.25, 0.3) is 21.8 Å². The van der Waals surface area contributed by atoms with Gasteiger partial charge in [0.25, 0.3) is 0 Å². The van der Waals surface area contributed by atoms with Crippen molar-refractivity contribution in [2.24, 2.45) is 0 Å². The number of aromatic nitrogens is 2. The van der Waals surface area contributed by atoms with Gasteiger partial charge in [-0.05, 0) is 36.8 Å². The molecule has 2 aromatic heterocycles. The van der Waals surface area contributed by atoms with Gasteiger partial charge in [0.15, 0.2) is 0 Å². The van der Waals surface area contributed by atoms with Crippen molar-refractivity contribution in [3.8, 4) is 5.75 Å². The summed E-state index contributed by atoms with van der Waals surface area (Å²) in [6.07, 6.45) is 0.554. The highest BCUT2D eigenvalue weighted by Crippen LogP contribution is 2.32. The molecule has 0 bridgehead atoms. The van der Waals surface area contributed by atoms with E-state index in [1.54, 1.807) is 13.2 Å². The molecular weight excluding hydrogens is 340 g/mol. The number of carboxylic acids is 1. The molecule has 27 heavy (non-hydrogen) atoms. The first-order valence-corrected chi connectivity index (χ1v) is 8.89. The lowest BCUT2D eigenvalue weighted by molar-refractivity contribution is 0.0690. The maximum absolute atomic E-state index is 11.7. The van der Waals surface area contributed by atoms with Gasteiger partial charge in [-0.1, -0.05) is 30.3 Å². The zero-order valence-electron chi connectivity index (χ0n) is 15.3. The fourth-order valence-electron chi connectivity index (χ4n) is 3.65. The minimum Gasteiger partial charge on any atom is -0.497 e. The average molecular weight is 360 g/mol. The highest BCUT2D eigenvalue weighted by Gasteiger charge is 2.18. The van der Waals surface area contributed by atoms with Crippen LogP contribution in [0.1, 0.15) is 28.7 Å². The number of fused-ring (bicyclic) bond motifs is 3. The van der Waals surface area contributed by atoms with Crippen molar-refractivity contribution in [1.82, 2.24) is 9.55 Å². The SMILES string of the molecule is CCn1c2ccccc2c2cc(C(=O)O)nc(Cc3ccc(OC)cc3)c21. The summed E-state index contributed by atoms with van der Waals surface area (Å²) >= 11 is 0. The summed E-state index contributed by atoms with van der Waals surface area (Å²) in [6, 6.07) is 17.5. The minimum atomic E-state index is -1.01. The van der Waals surface area contributed by atoms with Gasteiger partial charge < -0.3 is 14.4 Å². The third kappa shape index (κ3) is 2.91. The lowest BCUT2D eigenvalue weighted by atomic mass is 10.1. The fourth-order valence-corrected chi connectivity index (χ4v) is 3.65. The van der Waals surface area contributed by atoms with E-state index in [0.717, 1.165) is 45.4 Å². The number of ether oxygens (including phenoxy) is 1. The van der Waals surface area contributed by atoms with Crippen LogP contribution in [0, 0.1) is 0 Å². The van der Waals surface area contributed by atoms with E-state index < -0.39 is 5.97 Å². The number of carbonyl (C=O) groups is 1. The van der Waals surface area contributed by atoms with Crippen LogP contribution in [0.2, 0.25) is 0 Å². The molecule has 1 N–H and O–H groups in total. The normalized spacial score (nSPS) is 11.2. The van der Waals surface area contributed by atoms with Crippen LogP contribution >= 0.6 is 0 Å². The molecule has 0 fully saturated rings. The molecule has 0 saturated heterocycles. The lowest BCUT2D eigenvalue weighted by Gasteiger charge is -2.10. The van der Waals surface area contributed by atoms with Gasteiger partial charge >= 0.3 is 5.97 Å². The van der Waals surface area contributed by atoms with Gasteiger partial charge in [0.05, 0.1) is 18.3 Å². The first-order chi connectivity index (χ1) is 13.1. The van der Waals surface area contributed by atoms with E-state index >= 15 is 0 Å². The molecule has 0 aliphatic rings. The number of para-hydroxylation sites is 1. The Hall–Kier alpha value is -3.34. The number of aryl methyl sites for hydroxylation is 1. The highest BCUT2D eigenvalue weighted by atomic mass is 16.5. The lowest BCUT2D eigenvalue weighted by Crippen LogP contribution is -2.06. The second kappa shape index (κ2) is 6.76. The molecule has 0 unspecified atom stereocenters. The number of benzene rings is 2. The van der Waals surface area contributed by atoms with Gasteiger partial charge in [-0.2, -0.15) is 0 Å². The van der Waals surface area contributed by atoms with Gasteiger partial charge in [0, 0.05) is 29.3 Å². The Morgan fingerprint density at radius 2 is 1.85 bits per heavy atom. The van der Waals surface area contributed by atoms with Crippen molar-refractivity contribution >= 4 is 27.8 Å². The Kier molecular flexibility index (Phi) is 4.28. The Balaban J connectivity index is 1.97. The minimum absolute atomic E-state index is 0.0741. The smallest absolute Gasteiger partial charge is 0.354 e. The quantitative estimate of drug-likeness (QED) is 0.569. The van der Waals surface area contributed by atoms with Gasteiger partial charge in [-0.15, -0.1) is 0 Å². The van der Waals surface area contributed by atoms with Crippen LogP contribution in [0.5, 0.6) is 5.75 Å². The Morgan fingerprint density at radius 1 is 1.11 bits per heavy atom. The van der Waals surface area contributed by atoms with E-state index in [9.17, 15) is 9.90 Å². The first kappa shape index (κ1) is 17.1. The number of nitrogens with zero attached hydrogens (tertiary/aromatic N) is 2. The van der Waals surface area contributed by atoms with E-state index in [1.807, 2.05) is 42.5 Å². The van der Waals surface area contributed by atoms with Crippen molar-refractivity contribution in [2.75, 3.05) is 7.11 Å². The zero-order chi connectivity index (χ0) is 19.0. The van der Waals surface area contributed by atoms with Gasteiger partial charge in [0.1, 0.15) is 11.4 Å². The van der Waals surface area contributed by atoms with E-state index in [0.29, 0.717) is 6.42 Å². The largest absolute Gasteiger partial charge is 0.497 e. The summed E-state index contributed by atoms with van der Waals surface area (Å²) in [5, 5.41) is 11.5. The molecule has 5 nitrogen and oxygen atoms in total. The van der Waals surface area contributed by atoms with Crippen LogP contribution in [0.3, 0.4) is 0 Å². The first-order valence-electron chi connectivity index (χ1n) is 8.89. The van der Waals surface area contributed by atoms with Gasteiger partial charge in [-0.25, -0.2) is 9.78 Å². The van der Waals surface area contributed by atoms with Crippen molar-refractivity contribution in [2.45, 2.75) is 19.9 Å². The number of rotatable bonds is 5. The highest BCUT2D eigenvalue weighted by molar-refractivity contribution is 6.10. The third-order valence-electron chi connectivity index (χ3n) is 4.89. The molecule has 0 atom stereocenters. The Morgan fingerprint density at radius 3 is 2.52 bits per heavy atom. The summed E-state index contributed by atoms with van der Waals surface area (Å²) in [5.41, 5.74) is 3.99. The monoisotopic (exact) mass is 360 g/mol. The molecule has 0 spiro atoms. The Labute approximate surface area is 156 Å². The van der Waals surface area contributed by atoms with Crippen LogP contribution in [0.15, 0.2) is 54.6 Å². The number of pyridine rings is 1. The van der Waals surface area contributed by atoms with E-state index in [-0.39, 0.29) is 5.69 Å². The van der Waals surface area contributed by atoms with Crippen LogP contribution < -0.4 is 4.74 Å².